The minimum atomic E-state index is -0.139. The lowest BCUT2D eigenvalue weighted by molar-refractivity contribution is -0.125. The summed E-state index contributed by atoms with van der Waals surface area (Å²) in [5.74, 6) is 0.726. The van der Waals surface area contributed by atoms with Crippen LogP contribution >= 0.6 is 0 Å². The molecule has 2 amide bonds. The molecule has 1 aromatic carbocycles. The summed E-state index contributed by atoms with van der Waals surface area (Å²) in [5, 5.41) is 3.04. The van der Waals surface area contributed by atoms with Crippen molar-refractivity contribution >= 4 is 11.8 Å². The van der Waals surface area contributed by atoms with E-state index in [1.807, 2.05) is 61.3 Å². The number of likely N-dealkylation sites (N-methyl/N-ethyl adjacent to an activating group) is 1. The molecule has 7 heteroatoms. The lowest BCUT2D eigenvalue weighted by atomic mass is 9.76. The lowest BCUT2D eigenvalue weighted by Crippen LogP contribution is -2.44. The first-order valence-corrected chi connectivity index (χ1v) is 11.4. The van der Waals surface area contributed by atoms with E-state index < -0.39 is 0 Å². The van der Waals surface area contributed by atoms with Gasteiger partial charge < -0.3 is 15.0 Å². The van der Waals surface area contributed by atoms with E-state index >= 15 is 0 Å². The van der Waals surface area contributed by atoms with Crippen LogP contribution in [-0.2, 0) is 11.3 Å². The second-order valence-electron chi connectivity index (χ2n) is 8.90. The molecule has 1 N–H and O–H groups in total. The average Bonchev–Trinajstić information content (AvgIpc) is 3.14. The Balaban J connectivity index is 1.34. The summed E-state index contributed by atoms with van der Waals surface area (Å²) < 4.78 is 5.65. The Morgan fingerprint density at radius 3 is 2.62 bits per heavy atom. The summed E-state index contributed by atoms with van der Waals surface area (Å²) >= 11 is 0. The highest BCUT2D eigenvalue weighted by atomic mass is 16.5. The summed E-state index contributed by atoms with van der Waals surface area (Å²) in [6, 6.07) is 13.0. The van der Waals surface area contributed by atoms with Gasteiger partial charge in [0.15, 0.2) is 0 Å². The molecule has 7 nitrogen and oxygen atoms in total. The van der Waals surface area contributed by atoms with Crippen LogP contribution in [0.4, 0.5) is 0 Å². The molecule has 2 aliphatic rings. The second kappa shape index (κ2) is 9.69. The van der Waals surface area contributed by atoms with Crippen molar-refractivity contribution in [2.45, 2.75) is 38.8 Å². The molecule has 32 heavy (non-hydrogen) atoms. The third kappa shape index (κ3) is 4.78. The van der Waals surface area contributed by atoms with Crippen molar-refractivity contribution in [3.05, 3.63) is 59.9 Å². The van der Waals surface area contributed by atoms with E-state index in [4.69, 9.17) is 4.74 Å². The maximum absolute atomic E-state index is 13.1. The minimum absolute atomic E-state index is 0.0277. The van der Waals surface area contributed by atoms with Gasteiger partial charge in [-0.3, -0.25) is 19.5 Å². The number of ether oxygens (including phenoxy) is 1. The molecule has 0 aliphatic carbocycles. The van der Waals surface area contributed by atoms with Crippen LogP contribution < -0.4 is 10.1 Å². The summed E-state index contributed by atoms with van der Waals surface area (Å²) in [4.78, 5) is 34.3. The second-order valence-corrected chi connectivity index (χ2v) is 8.90. The molecular formula is C25H32N4O3. The van der Waals surface area contributed by atoms with Crippen LogP contribution in [0.1, 0.15) is 42.2 Å². The smallest absolute Gasteiger partial charge is 0.257 e. The van der Waals surface area contributed by atoms with Crippen molar-refractivity contribution in [3.63, 3.8) is 0 Å². The SMILES string of the molecule is CCOc1ccccc1C(=O)N1CCC2(CC1)CC(C(=O)NCc1ccccn1)N(C)C2. The zero-order chi connectivity index (χ0) is 22.6. The zero-order valence-corrected chi connectivity index (χ0v) is 18.9. The molecule has 2 aromatic rings. The molecule has 1 aromatic heterocycles. The van der Waals surface area contributed by atoms with E-state index in [0.29, 0.717) is 37.6 Å². The molecule has 1 atom stereocenters. The minimum Gasteiger partial charge on any atom is -0.493 e. The quantitative estimate of drug-likeness (QED) is 0.754. The van der Waals surface area contributed by atoms with E-state index in [1.54, 1.807) is 6.20 Å². The van der Waals surface area contributed by atoms with Gasteiger partial charge >= 0.3 is 0 Å². The topological polar surface area (TPSA) is 74.8 Å². The summed E-state index contributed by atoms with van der Waals surface area (Å²) in [6.45, 7) is 5.19. The first-order valence-electron chi connectivity index (χ1n) is 11.4. The summed E-state index contributed by atoms with van der Waals surface area (Å²) in [5.41, 5.74) is 1.56. The van der Waals surface area contributed by atoms with Gasteiger partial charge in [-0.25, -0.2) is 0 Å². The van der Waals surface area contributed by atoms with E-state index in [0.717, 1.165) is 31.5 Å². The molecule has 170 valence electrons. The van der Waals surface area contributed by atoms with Crippen LogP contribution in [0.2, 0.25) is 0 Å². The van der Waals surface area contributed by atoms with Gasteiger partial charge in [-0.05, 0) is 62.9 Å². The van der Waals surface area contributed by atoms with Gasteiger partial charge in [0.25, 0.3) is 5.91 Å². The Hall–Kier alpha value is -2.93. The van der Waals surface area contributed by atoms with Crippen LogP contribution in [0.3, 0.4) is 0 Å². The number of carbonyl (C=O) groups excluding carboxylic acids is 2. The van der Waals surface area contributed by atoms with Gasteiger partial charge in [-0.15, -0.1) is 0 Å². The number of hydrogen-bond acceptors (Lipinski definition) is 5. The van der Waals surface area contributed by atoms with Crippen molar-refractivity contribution in [2.75, 3.05) is 33.3 Å². The van der Waals surface area contributed by atoms with Crippen LogP contribution in [0.15, 0.2) is 48.7 Å². The molecule has 1 spiro atoms. The maximum Gasteiger partial charge on any atom is 0.257 e. The summed E-state index contributed by atoms with van der Waals surface area (Å²) in [6.07, 6.45) is 4.38. The predicted molar refractivity (Wildman–Crippen MR) is 122 cm³/mol. The molecule has 2 saturated heterocycles. The molecule has 0 saturated carbocycles. The highest BCUT2D eigenvalue weighted by molar-refractivity contribution is 5.97. The number of nitrogens with zero attached hydrogens (tertiary/aromatic N) is 3. The lowest BCUT2D eigenvalue weighted by Gasteiger charge is -2.39. The van der Waals surface area contributed by atoms with Gasteiger partial charge in [0, 0.05) is 25.8 Å². The Labute approximate surface area is 189 Å². The number of nitrogens with one attached hydrogen (secondary N) is 1. The largest absolute Gasteiger partial charge is 0.493 e. The maximum atomic E-state index is 13.1. The molecule has 2 fully saturated rings. The number of pyridine rings is 1. The number of amides is 2. The Bertz CT molecular complexity index is 941. The fraction of sp³-hybridized carbons (Fsp3) is 0.480. The van der Waals surface area contributed by atoms with Gasteiger partial charge in [0.05, 0.1) is 30.5 Å². The fourth-order valence-corrected chi connectivity index (χ4v) is 5.00. The Morgan fingerprint density at radius 2 is 1.91 bits per heavy atom. The highest BCUT2D eigenvalue weighted by Crippen LogP contribution is 2.43. The van der Waals surface area contributed by atoms with Crippen molar-refractivity contribution in [3.8, 4) is 5.75 Å². The van der Waals surface area contributed by atoms with Crippen LogP contribution in [0.5, 0.6) is 5.75 Å². The van der Waals surface area contributed by atoms with Crippen LogP contribution in [-0.4, -0.2) is 65.9 Å². The van der Waals surface area contributed by atoms with Gasteiger partial charge in [-0.2, -0.15) is 0 Å². The van der Waals surface area contributed by atoms with Crippen molar-refractivity contribution < 1.29 is 14.3 Å². The van der Waals surface area contributed by atoms with Gasteiger partial charge in [-0.1, -0.05) is 18.2 Å². The number of carbonyl (C=O) groups is 2. The van der Waals surface area contributed by atoms with Gasteiger partial charge in [0.2, 0.25) is 5.91 Å². The molecule has 3 heterocycles. The number of hydrogen-bond donors (Lipinski definition) is 1. The Kier molecular flexibility index (Phi) is 6.74. The number of benzene rings is 1. The van der Waals surface area contributed by atoms with Crippen LogP contribution in [0, 0.1) is 5.41 Å². The van der Waals surface area contributed by atoms with Crippen LogP contribution in [0.25, 0.3) is 0 Å². The number of piperidine rings is 1. The predicted octanol–water partition coefficient (Wildman–Crippen LogP) is 2.72. The van der Waals surface area contributed by atoms with E-state index in [1.165, 1.54) is 0 Å². The monoisotopic (exact) mass is 436 g/mol. The molecular weight excluding hydrogens is 404 g/mol. The molecule has 2 aliphatic heterocycles. The zero-order valence-electron chi connectivity index (χ0n) is 18.9. The molecule has 0 bridgehead atoms. The molecule has 4 rings (SSSR count). The average molecular weight is 437 g/mol. The third-order valence-electron chi connectivity index (χ3n) is 6.74. The first kappa shape index (κ1) is 22.3. The summed E-state index contributed by atoms with van der Waals surface area (Å²) in [7, 11) is 2.02. The third-order valence-corrected chi connectivity index (χ3v) is 6.74. The fourth-order valence-electron chi connectivity index (χ4n) is 5.00. The number of rotatable bonds is 6. The van der Waals surface area contributed by atoms with Crippen molar-refractivity contribution in [1.82, 2.24) is 20.1 Å². The molecule has 1 unspecified atom stereocenters. The van der Waals surface area contributed by atoms with E-state index in [2.05, 4.69) is 15.2 Å². The number of aromatic nitrogens is 1. The Morgan fingerprint density at radius 1 is 1.16 bits per heavy atom. The highest BCUT2D eigenvalue weighted by Gasteiger charge is 2.47. The van der Waals surface area contributed by atoms with E-state index in [9.17, 15) is 9.59 Å². The standard InChI is InChI=1S/C25H32N4O3/c1-3-32-22-10-5-4-9-20(22)24(31)29-14-11-25(12-15-29)16-21(28(2)18-25)23(30)27-17-19-8-6-7-13-26-19/h4-10,13,21H,3,11-12,14-18H2,1-2H3,(H,27,30). The molecule has 0 radical (unpaired) electrons. The van der Waals surface area contributed by atoms with E-state index in [-0.39, 0.29) is 23.3 Å². The number of likely N-dealkylation sites (tertiary alicyclic amines) is 2. The number of para-hydroxylation sites is 1. The van der Waals surface area contributed by atoms with Crippen molar-refractivity contribution in [1.29, 1.82) is 0 Å². The normalized spacial score (nSPS) is 20.3. The first-order chi connectivity index (χ1) is 15.5. The van der Waals surface area contributed by atoms with Gasteiger partial charge in [0.1, 0.15) is 5.75 Å². The van der Waals surface area contributed by atoms with Crippen molar-refractivity contribution in [2.24, 2.45) is 5.41 Å².